The van der Waals surface area contributed by atoms with E-state index in [1.54, 1.807) is 0 Å². The number of hydrogen-bond acceptors (Lipinski definition) is 7. The van der Waals surface area contributed by atoms with Crippen molar-refractivity contribution >= 4 is 40.4 Å². The maximum atomic E-state index is 11.6. The molecule has 0 saturated heterocycles. The number of hydrogen-bond donors (Lipinski definition) is 3. The number of carboxylic acids is 1. The number of thioether (sulfide) groups is 2. The van der Waals surface area contributed by atoms with Gasteiger partial charge >= 0.3 is 0 Å². The van der Waals surface area contributed by atoms with Crippen molar-refractivity contribution in [1.29, 1.82) is 0 Å². The molecular weight excluding hydrogens is 338 g/mol. The second kappa shape index (κ2) is 14.6. The fourth-order valence-electron chi connectivity index (χ4n) is 1.78. The number of nitrogens with one attached hydrogen (secondary N) is 1. The third kappa shape index (κ3) is 13.2. The molecule has 1 atom stereocenters. The molecule has 0 unspecified atom stereocenters. The molecule has 0 aliphatic rings. The Bertz CT molecular complexity index is 381. The van der Waals surface area contributed by atoms with Gasteiger partial charge in [-0.15, -0.1) is 11.8 Å². The number of quaternary nitrogens is 1. The van der Waals surface area contributed by atoms with E-state index in [4.69, 9.17) is 5.21 Å². The van der Waals surface area contributed by atoms with Crippen LogP contribution >= 0.6 is 23.5 Å². The second-order valence-corrected chi connectivity index (χ2v) is 7.18. The van der Waals surface area contributed by atoms with Gasteiger partial charge in [-0.1, -0.05) is 24.4 Å². The average molecular weight is 366 g/mol. The monoisotopic (exact) mass is 365 g/mol. The second-order valence-electron chi connectivity index (χ2n) is 5.10. The van der Waals surface area contributed by atoms with Crippen LogP contribution in [0.3, 0.4) is 0 Å². The van der Waals surface area contributed by atoms with Crippen molar-refractivity contribution in [1.82, 2.24) is 5.32 Å². The minimum Gasteiger partial charge on any atom is -0.548 e. The van der Waals surface area contributed by atoms with E-state index < -0.39 is 24.5 Å². The third-order valence-corrected chi connectivity index (χ3v) is 4.96. The quantitative estimate of drug-likeness (QED) is 0.135. The molecule has 5 N–H and O–H groups in total. The molecule has 0 fully saturated rings. The number of rotatable bonds is 13. The van der Waals surface area contributed by atoms with Gasteiger partial charge in [0.05, 0.1) is 18.3 Å². The van der Waals surface area contributed by atoms with Gasteiger partial charge in [-0.3, -0.25) is 4.79 Å². The molecule has 134 valence electrons. The van der Waals surface area contributed by atoms with Crippen molar-refractivity contribution in [3.05, 3.63) is 0 Å². The van der Waals surface area contributed by atoms with Crippen LogP contribution in [0.25, 0.3) is 0 Å². The Hall–Kier alpha value is -0.930. The molecular formula is C14H27N3O4S2. The smallest absolute Gasteiger partial charge is 0.279 e. The normalized spacial score (nSPS) is 12.9. The van der Waals surface area contributed by atoms with Gasteiger partial charge in [0, 0.05) is 0 Å². The Labute approximate surface area is 145 Å². The summed E-state index contributed by atoms with van der Waals surface area (Å²) >= 11 is 3.13. The highest BCUT2D eigenvalue weighted by Gasteiger charge is 2.18. The molecule has 23 heavy (non-hydrogen) atoms. The van der Waals surface area contributed by atoms with Crippen LogP contribution in [0, 0.1) is 0 Å². The van der Waals surface area contributed by atoms with Gasteiger partial charge in [0.1, 0.15) is 5.04 Å². The van der Waals surface area contributed by atoms with E-state index in [-0.39, 0.29) is 0 Å². The van der Waals surface area contributed by atoms with Crippen molar-refractivity contribution in [2.75, 3.05) is 24.3 Å². The van der Waals surface area contributed by atoms with Crippen LogP contribution < -0.4 is 16.2 Å². The Morgan fingerprint density at radius 3 is 2.52 bits per heavy atom. The highest BCUT2D eigenvalue weighted by Crippen LogP contribution is 2.14. The summed E-state index contributed by atoms with van der Waals surface area (Å²) in [6, 6.07) is -0.609. The van der Waals surface area contributed by atoms with E-state index in [0.29, 0.717) is 17.2 Å². The lowest BCUT2D eigenvalue weighted by molar-refractivity contribution is -0.396. The van der Waals surface area contributed by atoms with Crippen molar-refractivity contribution < 1.29 is 25.6 Å². The first kappa shape index (κ1) is 22.1. The first-order valence-corrected chi connectivity index (χ1v) is 10.0. The number of carboxylic acid groups (broad SMARTS) is 1. The maximum absolute atomic E-state index is 11.6. The predicted octanol–water partition coefficient (Wildman–Crippen LogP) is -0.312. The molecule has 9 heteroatoms. The molecule has 1 amide bonds. The van der Waals surface area contributed by atoms with Crippen LogP contribution in [0.1, 0.15) is 38.5 Å². The van der Waals surface area contributed by atoms with Crippen molar-refractivity contribution in [3.63, 3.8) is 0 Å². The fraction of sp³-hybridized carbons (Fsp3) is 0.786. The first-order valence-electron chi connectivity index (χ1n) is 7.64. The third-order valence-electron chi connectivity index (χ3n) is 3.08. The molecule has 0 spiro atoms. The highest BCUT2D eigenvalue weighted by atomic mass is 32.2. The summed E-state index contributed by atoms with van der Waals surface area (Å²) in [5.74, 6) is -0.253. The molecule has 0 aliphatic heterocycles. The van der Waals surface area contributed by atoms with Crippen LogP contribution in [-0.2, 0) is 9.59 Å². The van der Waals surface area contributed by atoms with Crippen molar-refractivity contribution in [3.8, 4) is 0 Å². The lowest BCUT2D eigenvalue weighted by Crippen LogP contribution is -2.69. The maximum Gasteiger partial charge on any atom is 0.279 e. The average Bonchev–Trinajstić information content (AvgIpc) is 2.54. The zero-order chi connectivity index (χ0) is 17.5. The van der Waals surface area contributed by atoms with Crippen LogP contribution in [0.2, 0.25) is 0 Å². The predicted molar refractivity (Wildman–Crippen MR) is 92.5 cm³/mol. The lowest BCUT2D eigenvalue weighted by atomic mass is 10.1. The lowest BCUT2D eigenvalue weighted by Gasteiger charge is -2.10. The molecule has 0 aromatic heterocycles. The summed E-state index contributed by atoms with van der Waals surface area (Å²) in [5, 5.41) is 25.3. The molecule has 0 aromatic rings. The molecule has 0 aromatic carbocycles. The first-order chi connectivity index (χ1) is 11.0. The van der Waals surface area contributed by atoms with E-state index in [0.717, 1.165) is 12.8 Å². The topological polar surface area (TPSA) is 129 Å². The number of carbonyl (C=O) groups excluding carboxylic acids is 2. The standard InChI is InChI=1S/C14H27N3O4S2/c1-22-8-6-4-2-3-5-7-12(17-21)23-10-11(15)14(20)16-9-13(18)19/h11,21H,2-10,15H2,1H3,(H,16,20)(H,18,19)/b17-12+/t11-/m0/s1. The van der Waals surface area contributed by atoms with Gasteiger partial charge in [0.15, 0.2) is 6.04 Å². The molecule has 0 aliphatic carbocycles. The molecule has 7 nitrogen and oxygen atoms in total. The van der Waals surface area contributed by atoms with Crippen molar-refractivity contribution in [2.24, 2.45) is 5.16 Å². The fourth-order valence-corrected chi connectivity index (χ4v) is 3.16. The number of nitrogens with zero attached hydrogens (tertiary/aromatic N) is 1. The van der Waals surface area contributed by atoms with Gasteiger partial charge in [-0.05, 0) is 31.3 Å². The summed E-state index contributed by atoms with van der Waals surface area (Å²) < 4.78 is 0. The largest absolute Gasteiger partial charge is 0.548 e. The number of amides is 1. The van der Waals surface area contributed by atoms with Gasteiger partial charge in [-0.25, -0.2) is 0 Å². The van der Waals surface area contributed by atoms with E-state index in [9.17, 15) is 14.7 Å². The van der Waals surface area contributed by atoms with E-state index in [1.807, 2.05) is 11.8 Å². The van der Waals surface area contributed by atoms with Gasteiger partial charge in [0.25, 0.3) is 5.91 Å². The number of unbranched alkanes of at least 4 members (excludes halogenated alkanes) is 4. The number of oxime groups is 1. The molecule has 0 heterocycles. The summed E-state index contributed by atoms with van der Waals surface area (Å²) in [6.07, 6.45) is 8.46. The van der Waals surface area contributed by atoms with E-state index in [1.165, 1.54) is 36.8 Å². The SMILES string of the molecule is CSCCCCCCC/C(=N\O)SC[C@H]([NH3+])C(=O)NCC(=O)[O-]. The summed E-state index contributed by atoms with van der Waals surface area (Å²) in [6.45, 7) is -0.521. The van der Waals surface area contributed by atoms with E-state index in [2.05, 4.69) is 22.5 Å². The zero-order valence-corrected chi connectivity index (χ0v) is 15.2. The number of carbonyl (C=O) groups is 2. The van der Waals surface area contributed by atoms with Crippen LogP contribution in [0.5, 0.6) is 0 Å². The minimum atomic E-state index is -1.34. The molecule has 0 rings (SSSR count). The highest BCUT2D eigenvalue weighted by molar-refractivity contribution is 8.14. The van der Waals surface area contributed by atoms with E-state index >= 15 is 0 Å². The van der Waals surface area contributed by atoms with Gasteiger partial charge in [0.2, 0.25) is 0 Å². The summed E-state index contributed by atoms with van der Waals surface area (Å²) in [4.78, 5) is 21.8. The van der Waals surface area contributed by atoms with Crippen LogP contribution in [0.4, 0.5) is 0 Å². The van der Waals surface area contributed by atoms with Gasteiger partial charge < -0.3 is 26.2 Å². The van der Waals surface area contributed by atoms with Gasteiger partial charge in [-0.2, -0.15) is 11.8 Å². The molecule has 0 bridgehead atoms. The Morgan fingerprint density at radius 1 is 1.26 bits per heavy atom. The molecule has 0 radical (unpaired) electrons. The zero-order valence-electron chi connectivity index (χ0n) is 13.6. The Balaban J connectivity index is 3.80. The van der Waals surface area contributed by atoms with Crippen LogP contribution in [-0.4, -0.2) is 52.5 Å². The molecule has 0 saturated carbocycles. The number of aliphatic carboxylic acids is 1. The Kier molecular flexibility index (Phi) is 14.1. The Morgan fingerprint density at radius 2 is 1.91 bits per heavy atom. The van der Waals surface area contributed by atoms with Crippen molar-refractivity contribution in [2.45, 2.75) is 44.6 Å². The summed E-state index contributed by atoms with van der Waals surface area (Å²) in [5.41, 5.74) is 3.68. The minimum absolute atomic E-state index is 0.339. The summed E-state index contributed by atoms with van der Waals surface area (Å²) in [7, 11) is 0. The van der Waals surface area contributed by atoms with Crippen LogP contribution in [0.15, 0.2) is 5.16 Å².